The molecule has 0 N–H and O–H groups in total. The van der Waals surface area contributed by atoms with E-state index >= 15 is 0 Å². The summed E-state index contributed by atoms with van der Waals surface area (Å²) in [6.07, 6.45) is 0.721. The Kier molecular flexibility index (Phi) is 4.22. The van der Waals surface area contributed by atoms with Gasteiger partial charge in [0, 0.05) is 25.2 Å². The zero-order valence-electron chi connectivity index (χ0n) is 11.6. The number of nitro benzene ring substituents is 1. The third-order valence-corrected chi connectivity index (χ3v) is 3.38. The minimum atomic E-state index is -0.487. The molecule has 1 aromatic rings. The molecule has 2 rings (SSSR count). The van der Waals surface area contributed by atoms with Crippen molar-refractivity contribution in [1.82, 2.24) is 4.90 Å². The quantitative estimate of drug-likeness (QED) is 0.615. The van der Waals surface area contributed by atoms with Crippen LogP contribution in [0.4, 0.5) is 10.5 Å². The van der Waals surface area contributed by atoms with Crippen molar-refractivity contribution in [2.45, 2.75) is 20.3 Å². The predicted molar refractivity (Wildman–Crippen MR) is 73.6 cm³/mol. The first-order valence-corrected chi connectivity index (χ1v) is 6.67. The summed E-state index contributed by atoms with van der Waals surface area (Å²) in [4.78, 5) is 23.8. The molecular formula is C14H18N2O4. The Morgan fingerprint density at radius 1 is 1.25 bits per heavy atom. The van der Waals surface area contributed by atoms with Crippen molar-refractivity contribution in [3.63, 3.8) is 0 Å². The van der Waals surface area contributed by atoms with Crippen LogP contribution in [0.25, 0.3) is 0 Å². The molecule has 0 bridgehead atoms. The summed E-state index contributed by atoms with van der Waals surface area (Å²) < 4.78 is 5.25. The molecule has 0 aromatic heterocycles. The standard InChI is InChI=1S/C14H18N2O4/c1-10-7-11(2)9-15(8-10)14(17)20-13-5-3-12(4-6-13)16(18)19/h3-6,10-11H,7-9H2,1-2H3. The van der Waals surface area contributed by atoms with E-state index in [4.69, 9.17) is 4.74 Å². The minimum absolute atomic E-state index is 0.0231. The number of hydrogen-bond acceptors (Lipinski definition) is 4. The highest BCUT2D eigenvalue weighted by molar-refractivity contribution is 5.71. The number of nitro groups is 1. The first kappa shape index (κ1) is 14.3. The lowest BCUT2D eigenvalue weighted by Gasteiger charge is -2.34. The fourth-order valence-corrected chi connectivity index (χ4v) is 2.61. The van der Waals surface area contributed by atoms with Gasteiger partial charge in [0.1, 0.15) is 5.75 Å². The molecule has 2 atom stereocenters. The van der Waals surface area contributed by atoms with Gasteiger partial charge in [0.15, 0.2) is 0 Å². The van der Waals surface area contributed by atoms with Gasteiger partial charge in [0.05, 0.1) is 4.92 Å². The monoisotopic (exact) mass is 278 g/mol. The van der Waals surface area contributed by atoms with Crippen LogP contribution < -0.4 is 4.74 Å². The maximum Gasteiger partial charge on any atom is 0.415 e. The molecule has 1 heterocycles. The summed E-state index contributed by atoms with van der Waals surface area (Å²) >= 11 is 0. The Morgan fingerprint density at radius 3 is 2.30 bits per heavy atom. The van der Waals surface area contributed by atoms with Gasteiger partial charge in [0.25, 0.3) is 5.69 Å². The highest BCUT2D eigenvalue weighted by atomic mass is 16.6. The van der Waals surface area contributed by atoms with Crippen LogP contribution in [-0.4, -0.2) is 29.0 Å². The van der Waals surface area contributed by atoms with E-state index in [2.05, 4.69) is 13.8 Å². The number of ether oxygens (including phenoxy) is 1. The number of amides is 1. The molecular weight excluding hydrogens is 260 g/mol. The number of carbonyl (C=O) groups excluding carboxylic acids is 1. The highest BCUT2D eigenvalue weighted by Gasteiger charge is 2.26. The van der Waals surface area contributed by atoms with Gasteiger partial charge in [-0.1, -0.05) is 13.8 Å². The van der Waals surface area contributed by atoms with Crippen molar-refractivity contribution in [1.29, 1.82) is 0 Å². The first-order valence-electron chi connectivity index (χ1n) is 6.67. The van der Waals surface area contributed by atoms with Crippen molar-refractivity contribution in [3.8, 4) is 5.75 Å². The summed E-state index contributed by atoms with van der Waals surface area (Å²) in [5.74, 6) is 1.25. The molecule has 0 aliphatic carbocycles. The Bertz CT molecular complexity index is 490. The van der Waals surface area contributed by atoms with Gasteiger partial charge in [-0.25, -0.2) is 4.79 Å². The third kappa shape index (κ3) is 3.46. The number of likely N-dealkylation sites (tertiary alicyclic amines) is 1. The normalized spacial score (nSPS) is 22.4. The Hall–Kier alpha value is -2.11. The highest BCUT2D eigenvalue weighted by Crippen LogP contribution is 2.23. The number of benzene rings is 1. The summed E-state index contributed by atoms with van der Waals surface area (Å²) in [7, 11) is 0. The van der Waals surface area contributed by atoms with Crippen molar-refractivity contribution < 1.29 is 14.5 Å². The second-order valence-electron chi connectivity index (χ2n) is 5.47. The smallest absolute Gasteiger partial charge is 0.410 e. The van der Waals surface area contributed by atoms with Gasteiger partial charge in [-0.3, -0.25) is 10.1 Å². The lowest BCUT2D eigenvalue weighted by atomic mass is 9.92. The maximum atomic E-state index is 12.0. The molecule has 108 valence electrons. The van der Waals surface area contributed by atoms with Gasteiger partial charge < -0.3 is 9.64 Å². The van der Waals surface area contributed by atoms with Crippen molar-refractivity contribution in [3.05, 3.63) is 34.4 Å². The maximum absolute atomic E-state index is 12.0. The van der Waals surface area contributed by atoms with E-state index in [9.17, 15) is 14.9 Å². The minimum Gasteiger partial charge on any atom is -0.410 e. The Balaban J connectivity index is 1.98. The molecule has 1 saturated heterocycles. The van der Waals surface area contributed by atoms with Crippen LogP contribution in [0.1, 0.15) is 20.3 Å². The van der Waals surface area contributed by atoms with Crippen LogP contribution >= 0.6 is 0 Å². The second-order valence-corrected chi connectivity index (χ2v) is 5.47. The SMILES string of the molecule is CC1CC(C)CN(C(=O)Oc2ccc([N+](=O)[O-])cc2)C1. The number of non-ortho nitro benzene ring substituents is 1. The molecule has 20 heavy (non-hydrogen) atoms. The van der Waals surface area contributed by atoms with Gasteiger partial charge in [-0.2, -0.15) is 0 Å². The second kappa shape index (κ2) is 5.90. The predicted octanol–water partition coefficient (Wildman–Crippen LogP) is 3.07. The first-order chi connectivity index (χ1) is 9.45. The van der Waals surface area contributed by atoms with E-state index in [-0.39, 0.29) is 5.69 Å². The molecule has 0 spiro atoms. The summed E-state index contributed by atoms with van der Waals surface area (Å²) in [5, 5.41) is 10.5. The molecule has 0 saturated carbocycles. The summed E-state index contributed by atoms with van der Waals surface area (Å²) in [6.45, 7) is 5.61. The van der Waals surface area contributed by atoms with Crippen molar-refractivity contribution in [2.75, 3.05) is 13.1 Å². The topological polar surface area (TPSA) is 72.7 Å². The fraction of sp³-hybridized carbons (Fsp3) is 0.500. The van der Waals surface area contributed by atoms with E-state index in [0.717, 1.165) is 6.42 Å². The molecule has 1 aliphatic heterocycles. The molecule has 6 heteroatoms. The van der Waals surface area contributed by atoms with E-state index < -0.39 is 11.0 Å². The van der Waals surface area contributed by atoms with Crippen LogP contribution in [0.3, 0.4) is 0 Å². The van der Waals surface area contributed by atoms with Gasteiger partial charge in [0.2, 0.25) is 0 Å². The third-order valence-electron chi connectivity index (χ3n) is 3.38. The Morgan fingerprint density at radius 2 is 1.80 bits per heavy atom. The molecule has 1 aromatic carbocycles. The molecule has 6 nitrogen and oxygen atoms in total. The van der Waals surface area contributed by atoms with Crippen molar-refractivity contribution in [2.24, 2.45) is 11.8 Å². The Labute approximate surface area is 117 Å². The van der Waals surface area contributed by atoms with Gasteiger partial charge >= 0.3 is 6.09 Å². The van der Waals surface area contributed by atoms with E-state index in [0.29, 0.717) is 30.7 Å². The van der Waals surface area contributed by atoms with E-state index in [1.807, 2.05) is 0 Å². The summed E-state index contributed by atoms with van der Waals surface area (Å²) in [6, 6.07) is 5.52. The number of rotatable bonds is 2. The molecule has 2 unspecified atom stereocenters. The van der Waals surface area contributed by atoms with Crippen LogP contribution in [-0.2, 0) is 0 Å². The van der Waals surface area contributed by atoms with Crippen LogP contribution in [0.15, 0.2) is 24.3 Å². The number of nitrogens with zero attached hydrogens (tertiary/aromatic N) is 2. The van der Waals surface area contributed by atoms with Gasteiger partial charge in [-0.15, -0.1) is 0 Å². The molecule has 0 radical (unpaired) electrons. The van der Waals surface area contributed by atoms with E-state index in [1.165, 1.54) is 24.3 Å². The average Bonchev–Trinajstić information content (AvgIpc) is 2.38. The molecule has 1 aliphatic rings. The average molecular weight is 278 g/mol. The zero-order valence-corrected chi connectivity index (χ0v) is 11.6. The zero-order chi connectivity index (χ0) is 14.7. The number of piperidine rings is 1. The van der Waals surface area contributed by atoms with E-state index in [1.54, 1.807) is 4.90 Å². The lowest BCUT2D eigenvalue weighted by molar-refractivity contribution is -0.384. The number of hydrogen-bond donors (Lipinski definition) is 0. The van der Waals surface area contributed by atoms with Crippen LogP contribution in [0, 0.1) is 22.0 Å². The molecule has 1 amide bonds. The van der Waals surface area contributed by atoms with Crippen molar-refractivity contribution >= 4 is 11.8 Å². The molecule has 1 fully saturated rings. The largest absolute Gasteiger partial charge is 0.415 e. The summed E-state index contributed by atoms with van der Waals surface area (Å²) in [5.41, 5.74) is -0.0231. The van der Waals surface area contributed by atoms with Crippen LogP contribution in [0.5, 0.6) is 5.75 Å². The fourth-order valence-electron chi connectivity index (χ4n) is 2.61. The lowest BCUT2D eigenvalue weighted by Crippen LogP contribution is -2.43. The van der Waals surface area contributed by atoms with Crippen LogP contribution in [0.2, 0.25) is 0 Å². The number of carbonyl (C=O) groups is 1. The van der Waals surface area contributed by atoms with Gasteiger partial charge in [-0.05, 0) is 30.4 Å².